The highest BCUT2D eigenvalue weighted by Gasteiger charge is 2.31. The van der Waals surface area contributed by atoms with Crippen LogP contribution in [0.25, 0.3) is 10.9 Å². The van der Waals surface area contributed by atoms with Crippen molar-refractivity contribution < 1.29 is 19.7 Å². The number of hydrogen-bond donors (Lipinski definition) is 2. The molecule has 0 unspecified atom stereocenters. The number of piperidine rings is 1. The fraction of sp³-hybridized carbons (Fsp3) is 0.500. The quantitative estimate of drug-likeness (QED) is 0.366. The number of methoxy groups -OCH3 is 1. The molecule has 0 aliphatic carbocycles. The lowest BCUT2D eigenvalue weighted by atomic mass is 9.79. The van der Waals surface area contributed by atoms with Crippen molar-refractivity contribution in [3.63, 3.8) is 0 Å². The number of carbonyl (C=O) groups is 1. The van der Waals surface area contributed by atoms with Crippen LogP contribution in [0.2, 0.25) is 0 Å². The molecule has 0 amide bonds. The minimum atomic E-state index is -0.733. The number of nitrogens with zero attached hydrogens (tertiary/aromatic N) is 2. The Bertz CT molecular complexity index is 1130. The van der Waals surface area contributed by atoms with Crippen LogP contribution >= 0.6 is 11.3 Å². The van der Waals surface area contributed by atoms with Gasteiger partial charge in [0.2, 0.25) is 0 Å². The number of carboxylic acids is 1. The molecule has 1 fully saturated rings. The molecular weight excluding hydrogens is 460 g/mol. The summed E-state index contributed by atoms with van der Waals surface area (Å²) in [7, 11) is 1.63. The minimum Gasteiger partial charge on any atom is -0.497 e. The van der Waals surface area contributed by atoms with Crippen molar-refractivity contribution in [2.75, 3.05) is 26.7 Å². The van der Waals surface area contributed by atoms with Gasteiger partial charge in [-0.3, -0.25) is 9.78 Å². The summed E-state index contributed by atoms with van der Waals surface area (Å²) in [5.74, 6) is 0.428. The topological polar surface area (TPSA) is 82.9 Å². The first kappa shape index (κ1) is 25.6. The van der Waals surface area contributed by atoms with E-state index in [1.807, 2.05) is 35.6 Å². The number of fused-ring (bicyclic) bond motifs is 1. The second-order valence-corrected chi connectivity index (χ2v) is 11.1. The number of hydrogen-bond acceptors (Lipinski definition) is 6. The number of thiophene rings is 1. The van der Waals surface area contributed by atoms with Gasteiger partial charge in [0.1, 0.15) is 5.75 Å². The summed E-state index contributed by atoms with van der Waals surface area (Å²) >= 11 is 1.86. The van der Waals surface area contributed by atoms with Crippen LogP contribution in [-0.4, -0.2) is 52.8 Å². The van der Waals surface area contributed by atoms with Gasteiger partial charge in [0.15, 0.2) is 0 Å². The lowest BCUT2D eigenvalue weighted by Gasteiger charge is -2.38. The SMILES string of the molecule is COc1ccc2nccc([C@@H](O)CC[C@@H]3CCN(CCCc4ccc(C)s4)C[C@@H]3CC(=O)O)c2c1. The Hall–Kier alpha value is -2.48. The molecular formula is C28H36N2O4S. The summed E-state index contributed by atoms with van der Waals surface area (Å²) in [6.45, 7) is 4.97. The molecule has 6 nitrogen and oxygen atoms in total. The van der Waals surface area contributed by atoms with Gasteiger partial charge in [0.25, 0.3) is 0 Å². The van der Waals surface area contributed by atoms with E-state index in [9.17, 15) is 15.0 Å². The van der Waals surface area contributed by atoms with E-state index in [0.29, 0.717) is 12.3 Å². The van der Waals surface area contributed by atoms with Crippen LogP contribution in [0, 0.1) is 18.8 Å². The molecule has 0 bridgehead atoms. The van der Waals surface area contributed by atoms with Crippen molar-refractivity contribution in [1.29, 1.82) is 0 Å². The Labute approximate surface area is 211 Å². The van der Waals surface area contributed by atoms with E-state index < -0.39 is 12.1 Å². The number of carboxylic acid groups (broad SMARTS) is 1. The second-order valence-electron chi connectivity index (χ2n) is 9.70. The third-order valence-corrected chi connectivity index (χ3v) is 8.32. The van der Waals surface area contributed by atoms with E-state index in [1.165, 1.54) is 9.75 Å². The molecule has 1 saturated heterocycles. The molecule has 35 heavy (non-hydrogen) atoms. The largest absolute Gasteiger partial charge is 0.497 e. The van der Waals surface area contributed by atoms with E-state index in [-0.39, 0.29) is 12.3 Å². The number of aliphatic carboxylic acids is 1. The van der Waals surface area contributed by atoms with Crippen molar-refractivity contribution in [1.82, 2.24) is 9.88 Å². The maximum Gasteiger partial charge on any atom is 0.303 e. The molecule has 3 aromatic rings. The van der Waals surface area contributed by atoms with Crippen molar-refractivity contribution in [2.24, 2.45) is 11.8 Å². The van der Waals surface area contributed by atoms with Crippen LogP contribution in [0.1, 0.15) is 53.5 Å². The summed E-state index contributed by atoms with van der Waals surface area (Å²) in [5, 5.41) is 21.5. The molecule has 3 heterocycles. The molecule has 1 aliphatic heterocycles. The molecule has 0 saturated carbocycles. The molecule has 0 radical (unpaired) electrons. The average molecular weight is 497 g/mol. The maximum atomic E-state index is 11.6. The van der Waals surface area contributed by atoms with Crippen LogP contribution in [-0.2, 0) is 11.2 Å². The third-order valence-electron chi connectivity index (χ3n) is 7.26. The van der Waals surface area contributed by atoms with Gasteiger partial charge < -0.3 is 19.8 Å². The molecule has 0 spiro atoms. The highest BCUT2D eigenvalue weighted by Crippen LogP contribution is 2.35. The fourth-order valence-corrected chi connectivity index (χ4v) is 6.31. The highest BCUT2D eigenvalue weighted by molar-refractivity contribution is 7.11. The molecule has 1 aromatic carbocycles. The second kappa shape index (κ2) is 12.0. The predicted octanol–water partition coefficient (Wildman–Crippen LogP) is 5.47. The van der Waals surface area contributed by atoms with Crippen molar-refractivity contribution in [3.05, 3.63) is 57.9 Å². The highest BCUT2D eigenvalue weighted by atomic mass is 32.1. The van der Waals surface area contributed by atoms with Gasteiger partial charge >= 0.3 is 5.97 Å². The van der Waals surface area contributed by atoms with Gasteiger partial charge in [-0.2, -0.15) is 0 Å². The Kier molecular flexibility index (Phi) is 8.76. The Morgan fingerprint density at radius 2 is 2.11 bits per heavy atom. The van der Waals surface area contributed by atoms with Gasteiger partial charge in [0, 0.05) is 34.3 Å². The molecule has 4 rings (SSSR count). The number of likely N-dealkylation sites (tertiary alicyclic amines) is 1. The van der Waals surface area contributed by atoms with Crippen LogP contribution < -0.4 is 4.74 Å². The van der Waals surface area contributed by atoms with Crippen molar-refractivity contribution in [2.45, 2.75) is 51.6 Å². The van der Waals surface area contributed by atoms with Crippen LogP contribution in [0.5, 0.6) is 5.75 Å². The zero-order valence-corrected chi connectivity index (χ0v) is 21.5. The fourth-order valence-electron chi connectivity index (χ4n) is 5.38. The standard InChI is InChI=1S/C28H36N2O4S/c1-19-5-8-23(35-19)4-3-14-30-15-12-20(21(18-30)16-28(32)33)6-10-27(31)24-11-13-29-26-9-7-22(34-2)17-25(24)26/h5,7-9,11,13,17,20-21,27,31H,3-4,6,10,12,14-16,18H2,1-2H3,(H,32,33)/t20-,21+,27+/m1/s1. The van der Waals surface area contributed by atoms with Crippen LogP contribution in [0.3, 0.4) is 0 Å². The number of aryl methyl sites for hydroxylation is 2. The van der Waals surface area contributed by atoms with Crippen LogP contribution in [0.4, 0.5) is 0 Å². The molecule has 1 aliphatic rings. The number of rotatable bonds is 11. The Balaban J connectivity index is 1.35. The summed E-state index contributed by atoms with van der Waals surface area (Å²) < 4.78 is 5.36. The van der Waals surface area contributed by atoms with E-state index >= 15 is 0 Å². The van der Waals surface area contributed by atoms with Gasteiger partial charge in [-0.05, 0) is 106 Å². The zero-order valence-electron chi connectivity index (χ0n) is 20.7. The van der Waals surface area contributed by atoms with Gasteiger partial charge in [-0.15, -0.1) is 11.3 Å². The summed E-state index contributed by atoms with van der Waals surface area (Å²) in [4.78, 5) is 21.2. The number of pyridine rings is 1. The lowest BCUT2D eigenvalue weighted by Crippen LogP contribution is -2.42. The smallest absolute Gasteiger partial charge is 0.303 e. The number of ether oxygens (including phenoxy) is 1. The first-order chi connectivity index (χ1) is 16.9. The maximum absolute atomic E-state index is 11.6. The normalized spacial score (nSPS) is 19.6. The number of aliphatic hydroxyl groups is 1. The molecule has 3 atom stereocenters. The molecule has 188 valence electrons. The number of aromatic nitrogens is 1. The van der Waals surface area contributed by atoms with E-state index in [4.69, 9.17) is 4.74 Å². The van der Waals surface area contributed by atoms with Gasteiger partial charge in [-0.1, -0.05) is 0 Å². The van der Waals surface area contributed by atoms with Crippen molar-refractivity contribution in [3.8, 4) is 5.75 Å². The van der Waals surface area contributed by atoms with Gasteiger partial charge in [-0.25, -0.2) is 0 Å². The van der Waals surface area contributed by atoms with Crippen LogP contribution in [0.15, 0.2) is 42.6 Å². The van der Waals surface area contributed by atoms with Gasteiger partial charge in [0.05, 0.1) is 18.7 Å². The summed E-state index contributed by atoms with van der Waals surface area (Å²) in [6.07, 6.45) is 5.89. The Morgan fingerprint density at radius 3 is 2.86 bits per heavy atom. The number of aliphatic hydroxyl groups excluding tert-OH is 1. The lowest BCUT2D eigenvalue weighted by molar-refractivity contribution is -0.139. The summed E-state index contributed by atoms with van der Waals surface area (Å²) in [6, 6.07) is 12.0. The first-order valence-electron chi connectivity index (χ1n) is 12.5. The first-order valence-corrected chi connectivity index (χ1v) is 13.3. The molecule has 2 aromatic heterocycles. The van der Waals surface area contributed by atoms with E-state index in [2.05, 4.69) is 28.9 Å². The number of benzene rings is 1. The average Bonchev–Trinajstić information content (AvgIpc) is 3.27. The third kappa shape index (κ3) is 6.81. The monoisotopic (exact) mass is 496 g/mol. The Morgan fingerprint density at radius 1 is 1.26 bits per heavy atom. The zero-order chi connectivity index (χ0) is 24.8. The molecule has 7 heteroatoms. The van der Waals surface area contributed by atoms with E-state index in [1.54, 1.807) is 13.3 Å². The minimum absolute atomic E-state index is 0.117. The predicted molar refractivity (Wildman–Crippen MR) is 140 cm³/mol. The van der Waals surface area contributed by atoms with Crippen molar-refractivity contribution >= 4 is 28.2 Å². The summed E-state index contributed by atoms with van der Waals surface area (Å²) in [5.41, 5.74) is 1.68. The molecule has 2 N–H and O–H groups in total. The van der Waals surface area contributed by atoms with E-state index in [0.717, 1.165) is 67.5 Å².